The topological polar surface area (TPSA) is 49.3 Å². The first-order chi connectivity index (χ1) is 9.24. The fourth-order valence-electron chi connectivity index (χ4n) is 1.72. The van der Waals surface area contributed by atoms with Crippen LogP contribution in [-0.2, 0) is 17.4 Å². The number of nitrogens with one attached hydrogen (secondary N) is 1. The van der Waals surface area contributed by atoms with E-state index >= 15 is 0 Å². The molecule has 3 nitrogen and oxygen atoms in total. The van der Waals surface area contributed by atoms with E-state index in [9.17, 15) is 18.0 Å². The van der Waals surface area contributed by atoms with E-state index in [4.69, 9.17) is 5.11 Å². The van der Waals surface area contributed by atoms with Gasteiger partial charge in [0, 0.05) is 0 Å². The predicted molar refractivity (Wildman–Crippen MR) is 69.0 cm³/mol. The van der Waals surface area contributed by atoms with E-state index in [1.807, 2.05) is 13.8 Å². The standard InChI is InChI=1S/C14H18F3NO2/c1-9(2)12(8-19)18-13(20)7-10-4-3-5-11(6-10)14(15,16)17/h3-6,9,12,19H,7-8H2,1-2H3,(H,18,20)/t12-/m1/s1. The number of carbonyl (C=O) groups is 1. The minimum absolute atomic E-state index is 0.0467. The third-order valence-corrected chi connectivity index (χ3v) is 2.97. The smallest absolute Gasteiger partial charge is 0.394 e. The lowest BCUT2D eigenvalue weighted by Crippen LogP contribution is -2.41. The number of alkyl halides is 3. The zero-order chi connectivity index (χ0) is 15.3. The molecule has 0 saturated carbocycles. The fourth-order valence-corrected chi connectivity index (χ4v) is 1.72. The maximum absolute atomic E-state index is 12.5. The van der Waals surface area contributed by atoms with Crippen LogP contribution >= 0.6 is 0 Å². The number of hydrogen-bond donors (Lipinski definition) is 2. The Hall–Kier alpha value is -1.56. The zero-order valence-electron chi connectivity index (χ0n) is 11.4. The normalized spacial score (nSPS) is 13.3. The Morgan fingerprint density at radius 1 is 1.35 bits per heavy atom. The van der Waals surface area contributed by atoms with Crippen molar-refractivity contribution in [2.24, 2.45) is 5.92 Å². The number of rotatable bonds is 5. The molecule has 1 atom stereocenters. The van der Waals surface area contributed by atoms with Crippen molar-refractivity contribution in [3.8, 4) is 0 Å². The number of amides is 1. The van der Waals surface area contributed by atoms with Crippen molar-refractivity contribution in [3.63, 3.8) is 0 Å². The molecule has 2 N–H and O–H groups in total. The quantitative estimate of drug-likeness (QED) is 0.874. The highest BCUT2D eigenvalue weighted by Crippen LogP contribution is 2.29. The minimum Gasteiger partial charge on any atom is -0.394 e. The molecule has 0 unspecified atom stereocenters. The van der Waals surface area contributed by atoms with Crippen LogP contribution in [0.3, 0.4) is 0 Å². The summed E-state index contributed by atoms with van der Waals surface area (Å²) >= 11 is 0. The SMILES string of the molecule is CC(C)[C@@H](CO)NC(=O)Cc1cccc(C(F)(F)F)c1. The first kappa shape index (κ1) is 16.5. The van der Waals surface area contributed by atoms with Gasteiger partial charge in [-0.25, -0.2) is 0 Å². The number of halogens is 3. The lowest BCUT2D eigenvalue weighted by molar-refractivity contribution is -0.137. The minimum atomic E-state index is -4.42. The van der Waals surface area contributed by atoms with Crippen LogP contribution in [0, 0.1) is 5.92 Å². The summed E-state index contributed by atoms with van der Waals surface area (Å²) in [4.78, 5) is 11.7. The number of carbonyl (C=O) groups excluding carboxylic acids is 1. The Labute approximate surface area is 115 Å². The number of hydrogen-bond acceptors (Lipinski definition) is 2. The van der Waals surface area contributed by atoms with Crippen LogP contribution in [-0.4, -0.2) is 23.7 Å². The summed E-state index contributed by atoms with van der Waals surface area (Å²) in [6, 6.07) is 4.28. The average Bonchev–Trinajstić information content (AvgIpc) is 2.34. The third kappa shape index (κ3) is 4.85. The van der Waals surface area contributed by atoms with Crippen molar-refractivity contribution in [1.29, 1.82) is 0 Å². The maximum Gasteiger partial charge on any atom is 0.416 e. The second-order valence-electron chi connectivity index (χ2n) is 4.98. The van der Waals surface area contributed by atoms with Gasteiger partial charge in [-0.05, 0) is 17.5 Å². The molecular formula is C14H18F3NO2. The van der Waals surface area contributed by atoms with Crippen LogP contribution in [0.1, 0.15) is 25.0 Å². The van der Waals surface area contributed by atoms with Crippen LogP contribution in [0.5, 0.6) is 0 Å². The van der Waals surface area contributed by atoms with Gasteiger partial charge in [0.2, 0.25) is 5.91 Å². The van der Waals surface area contributed by atoms with Crippen molar-refractivity contribution in [2.45, 2.75) is 32.5 Å². The van der Waals surface area contributed by atoms with E-state index in [2.05, 4.69) is 5.32 Å². The highest BCUT2D eigenvalue weighted by molar-refractivity contribution is 5.78. The van der Waals surface area contributed by atoms with Crippen LogP contribution in [0.25, 0.3) is 0 Å². The monoisotopic (exact) mass is 289 g/mol. The summed E-state index contributed by atoms with van der Waals surface area (Å²) in [5.41, 5.74) is -0.483. The van der Waals surface area contributed by atoms with Crippen molar-refractivity contribution < 1.29 is 23.1 Å². The molecule has 1 rings (SSSR count). The lowest BCUT2D eigenvalue weighted by Gasteiger charge is -2.20. The summed E-state index contributed by atoms with van der Waals surface area (Å²) in [6.07, 6.45) is -4.56. The second-order valence-corrected chi connectivity index (χ2v) is 4.98. The van der Waals surface area contributed by atoms with Crippen molar-refractivity contribution in [2.75, 3.05) is 6.61 Å². The summed E-state index contributed by atoms with van der Waals surface area (Å²) < 4.78 is 37.6. The second kappa shape index (κ2) is 6.74. The Balaban J connectivity index is 2.71. The van der Waals surface area contributed by atoms with Gasteiger partial charge < -0.3 is 10.4 Å². The molecule has 0 fully saturated rings. The number of aliphatic hydroxyl groups is 1. The molecule has 112 valence electrons. The lowest BCUT2D eigenvalue weighted by atomic mass is 10.0. The van der Waals surface area contributed by atoms with Crippen molar-refractivity contribution >= 4 is 5.91 Å². The molecule has 0 bridgehead atoms. The molecule has 1 amide bonds. The largest absolute Gasteiger partial charge is 0.416 e. The molecule has 0 spiro atoms. The van der Waals surface area contributed by atoms with Gasteiger partial charge in [-0.3, -0.25) is 4.79 Å². The molecule has 1 aromatic rings. The van der Waals surface area contributed by atoms with E-state index in [-0.39, 0.29) is 24.5 Å². The van der Waals surface area contributed by atoms with Crippen LogP contribution in [0.15, 0.2) is 24.3 Å². The maximum atomic E-state index is 12.5. The molecule has 1 aromatic carbocycles. The van der Waals surface area contributed by atoms with Gasteiger partial charge in [0.1, 0.15) is 0 Å². The van der Waals surface area contributed by atoms with Gasteiger partial charge >= 0.3 is 6.18 Å². The van der Waals surface area contributed by atoms with Gasteiger partial charge in [-0.2, -0.15) is 13.2 Å². The number of benzene rings is 1. The average molecular weight is 289 g/mol. The highest BCUT2D eigenvalue weighted by atomic mass is 19.4. The Kier molecular flexibility index (Phi) is 5.56. The summed E-state index contributed by atoms with van der Waals surface area (Å²) in [5, 5.41) is 11.7. The highest BCUT2D eigenvalue weighted by Gasteiger charge is 2.30. The molecule has 0 aromatic heterocycles. The van der Waals surface area contributed by atoms with Gasteiger partial charge in [0.25, 0.3) is 0 Å². The van der Waals surface area contributed by atoms with E-state index in [1.165, 1.54) is 12.1 Å². The van der Waals surface area contributed by atoms with Crippen LogP contribution in [0.4, 0.5) is 13.2 Å². The first-order valence-electron chi connectivity index (χ1n) is 6.30. The summed E-state index contributed by atoms with van der Waals surface area (Å²) in [5.74, 6) is -0.359. The Morgan fingerprint density at radius 2 is 2.00 bits per heavy atom. The molecule has 0 aliphatic rings. The zero-order valence-corrected chi connectivity index (χ0v) is 11.4. The third-order valence-electron chi connectivity index (χ3n) is 2.97. The fraction of sp³-hybridized carbons (Fsp3) is 0.500. The van der Waals surface area contributed by atoms with E-state index < -0.39 is 23.7 Å². The first-order valence-corrected chi connectivity index (χ1v) is 6.30. The van der Waals surface area contributed by atoms with Gasteiger partial charge in [-0.1, -0.05) is 32.0 Å². The van der Waals surface area contributed by atoms with E-state index in [1.54, 1.807) is 0 Å². The molecule has 6 heteroatoms. The molecule has 0 saturated heterocycles. The predicted octanol–water partition coefficient (Wildman–Crippen LogP) is 2.38. The summed E-state index contributed by atoms with van der Waals surface area (Å²) in [7, 11) is 0. The summed E-state index contributed by atoms with van der Waals surface area (Å²) in [6.45, 7) is 3.48. The van der Waals surface area contributed by atoms with Crippen molar-refractivity contribution in [3.05, 3.63) is 35.4 Å². The molecule has 0 aliphatic heterocycles. The molecule has 20 heavy (non-hydrogen) atoms. The van der Waals surface area contributed by atoms with Gasteiger partial charge in [0.15, 0.2) is 0 Å². The van der Waals surface area contributed by atoms with Gasteiger partial charge in [0.05, 0.1) is 24.6 Å². The Bertz CT molecular complexity index is 458. The van der Waals surface area contributed by atoms with E-state index in [0.29, 0.717) is 0 Å². The Morgan fingerprint density at radius 3 is 2.50 bits per heavy atom. The van der Waals surface area contributed by atoms with Crippen molar-refractivity contribution in [1.82, 2.24) is 5.32 Å². The van der Waals surface area contributed by atoms with Gasteiger partial charge in [-0.15, -0.1) is 0 Å². The van der Waals surface area contributed by atoms with Crippen LogP contribution < -0.4 is 5.32 Å². The molecular weight excluding hydrogens is 271 g/mol. The van der Waals surface area contributed by atoms with E-state index in [0.717, 1.165) is 12.1 Å². The molecule has 0 radical (unpaired) electrons. The van der Waals surface area contributed by atoms with Crippen LogP contribution in [0.2, 0.25) is 0 Å². The number of aliphatic hydroxyl groups excluding tert-OH is 1. The molecule has 0 aliphatic carbocycles. The molecule has 0 heterocycles.